The Labute approximate surface area is 233 Å². The Morgan fingerprint density at radius 2 is 1.59 bits per heavy atom. The molecule has 0 fully saturated rings. The van der Waals surface area contributed by atoms with Gasteiger partial charge in [0.05, 0.1) is 17.2 Å². The summed E-state index contributed by atoms with van der Waals surface area (Å²) in [5.41, 5.74) is 3.57. The van der Waals surface area contributed by atoms with Crippen LogP contribution < -0.4 is 10.6 Å². The first-order valence-electron chi connectivity index (χ1n) is 12.7. The van der Waals surface area contributed by atoms with Crippen molar-refractivity contribution in [3.05, 3.63) is 90.3 Å². The molecule has 4 aromatic rings. The number of para-hydroxylation sites is 2. The number of rotatable bonds is 12. The van der Waals surface area contributed by atoms with Crippen molar-refractivity contribution >= 4 is 39.1 Å². The van der Waals surface area contributed by atoms with Crippen LogP contribution in [0.4, 0.5) is 11.4 Å². The molecule has 2 N–H and O–H groups in total. The number of aromatic nitrogens is 3. The highest BCUT2D eigenvalue weighted by atomic mass is 32.2. The molecule has 0 spiro atoms. The second-order valence-electron chi connectivity index (χ2n) is 8.69. The lowest BCUT2D eigenvalue weighted by Gasteiger charge is -2.18. The van der Waals surface area contributed by atoms with Crippen LogP contribution in [0.2, 0.25) is 0 Å². The van der Waals surface area contributed by atoms with E-state index in [1.807, 2.05) is 66.1 Å². The molecule has 1 aromatic heterocycles. The second kappa shape index (κ2) is 12.9. The lowest BCUT2D eigenvalue weighted by molar-refractivity contribution is -0.113. The Morgan fingerprint density at radius 1 is 0.923 bits per heavy atom. The van der Waals surface area contributed by atoms with Crippen molar-refractivity contribution in [2.45, 2.75) is 37.4 Å². The van der Waals surface area contributed by atoms with Gasteiger partial charge in [-0.1, -0.05) is 62.0 Å². The molecule has 0 saturated heterocycles. The van der Waals surface area contributed by atoms with E-state index in [2.05, 4.69) is 20.8 Å². The molecular weight excluding hydrogens is 532 g/mol. The van der Waals surface area contributed by atoms with Crippen LogP contribution in [-0.4, -0.2) is 52.2 Å². The molecule has 11 heteroatoms. The molecule has 4 rings (SSSR count). The molecule has 0 aliphatic carbocycles. The third kappa shape index (κ3) is 6.86. The van der Waals surface area contributed by atoms with Gasteiger partial charge in [-0.05, 0) is 55.0 Å². The van der Waals surface area contributed by atoms with Crippen LogP contribution in [0.25, 0.3) is 5.69 Å². The van der Waals surface area contributed by atoms with Gasteiger partial charge in [0.15, 0.2) is 11.0 Å². The predicted molar refractivity (Wildman–Crippen MR) is 156 cm³/mol. The van der Waals surface area contributed by atoms with Crippen molar-refractivity contribution in [2.24, 2.45) is 0 Å². The molecule has 0 atom stereocenters. The maximum absolute atomic E-state index is 12.7. The zero-order chi connectivity index (χ0) is 27.8. The molecule has 0 bridgehead atoms. The van der Waals surface area contributed by atoms with Crippen molar-refractivity contribution < 1.29 is 13.2 Å². The van der Waals surface area contributed by atoms with Gasteiger partial charge in [0, 0.05) is 30.2 Å². The van der Waals surface area contributed by atoms with Gasteiger partial charge >= 0.3 is 0 Å². The average Bonchev–Trinajstić information content (AvgIpc) is 3.35. The summed E-state index contributed by atoms with van der Waals surface area (Å²) in [4.78, 5) is 12.9. The number of sulfonamides is 1. The number of anilines is 2. The number of nitrogens with zero attached hydrogens (tertiary/aromatic N) is 4. The third-order valence-corrected chi connectivity index (χ3v) is 9.10. The van der Waals surface area contributed by atoms with Gasteiger partial charge in [-0.25, -0.2) is 8.42 Å². The zero-order valence-corrected chi connectivity index (χ0v) is 23.8. The normalized spacial score (nSPS) is 11.5. The van der Waals surface area contributed by atoms with E-state index >= 15 is 0 Å². The molecule has 9 nitrogen and oxygen atoms in total. The average molecular weight is 565 g/mol. The summed E-state index contributed by atoms with van der Waals surface area (Å²) >= 11 is 1.28. The molecule has 0 unspecified atom stereocenters. The quantitative estimate of drug-likeness (QED) is 0.234. The standard InChI is InChI=1S/C28H32N6O3S2/c1-4-33(5-2)39(36,37)24-17-15-22(16-18-24)30-27(35)20-38-28-32-31-26(34(28)23-12-7-6-8-13-23)19-29-25-14-10-9-11-21(25)3/h6-18,29H,4-5,19-20H2,1-3H3,(H,30,35). The minimum absolute atomic E-state index is 0.107. The lowest BCUT2D eigenvalue weighted by atomic mass is 10.2. The first-order valence-corrected chi connectivity index (χ1v) is 15.1. The highest BCUT2D eigenvalue weighted by molar-refractivity contribution is 7.99. The molecule has 0 saturated carbocycles. The fraction of sp³-hybridized carbons (Fsp3) is 0.250. The lowest BCUT2D eigenvalue weighted by Crippen LogP contribution is -2.30. The number of carbonyl (C=O) groups is 1. The molecule has 0 aliphatic heterocycles. The van der Waals surface area contributed by atoms with E-state index in [4.69, 9.17) is 0 Å². The van der Waals surface area contributed by atoms with Crippen LogP contribution in [0.5, 0.6) is 0 Å². The molecule has 1 amide bonds. The third-order valence-electron chi connectivity index (χ3n) is 6.11. The Bertz CT molecular complexity index is 1500. The molecular formula is C28H32N6O3S2. The van der Waals surface area contributed by atoms with E-state index in [1.165, 1.54) is 28.2 Å². The first-order chi connectivity index (χ1) is 18.8. The van der Waals surface area contributed by atoms with Gasteiger partial charge in [-0.15, -0.1) is 10.2 Å². The number of amides is 1. The Balaban J connectivity index is 1.44. The van der Waals surface area contributed by atoms with E-state index in [-0.39, 0.29) is 16.6 Å². The van der Waals surface area contributed by atoms with Crippen LogP contribution in [0, 0.1) is 6.92 Å². The minimum atomic E-state index is -3.55. The summed E-state index contributed by atoms with van der Waals surface area (Å²) in [6, 6.07) is 24.0. The maximum atomic E-state index is 12.7. The summed E-state index contributed by atoms with van der Waals surface area (Å²) in [7, 11) is -3.55. The number of carbonyl (C=O) groups excluding carboxylic acids is 1. The maximum Gasteiger partial charge on any atom is 0.243 e. The van der Waals surface area contributed by atoms with Crippen LogP contribution in [0.1, 0.15) is 25.2 Å². The van der Waals surface area contributed by atoms with Crippen molar-refractivity contribution in [3.8, 4) is 5.69 Å². The van der Waals surface area contributed by atoms with Crippen LogP contribution >= 0.6 is 11.8 Å². The van der Waals surface area contributed by atoms with Crippen molar-refractivity contribution in [3.63, 3.8) is 0 Å². The van der Waals surface area contributed by atoms with E-state index in [9.17, 15) is 13.2 Å². The SMILES string of the molecule is CCN(CC)S(=O)(=O)c1ccc(NC(=O)CSc2nnc(CNc3ccccc3C)n2-c2ccccc2)cc1. The Hall–Kier alpha value is -3.67. The summed E-state index contributed by atoms with van der Waals surface area (Å²) in [6.07, 6.45) is 0. The molecule has 0 aliphatic rings. The van der Waals surface area contributed by atoms with E-state index < -0.39 is 10.0 Å². The van der Waals surface area contributed by atoms with Gasteiger partial charge in [0.25, 0.3) is 0 Å². The van der Waals surface area contributed by atoms with Gasteiger partial charge in [0.2, 0.25) is 15.9 Å². The highest BCUT2D eigenvalue weighted by Gasteiger charge is 2.21. The first kappa shape index (κ1) is 28.3. The summed E-state index contributed by atoms with van der Waals surface area (Å²) < 4.78 is 28.7. The smallest absolute Gasteiger partial charge is 0.243 e. The topological polar surface area (TPSA) is 109 Å². The fourth-order valence-corrected chi connectivity index (χ4v) is 6.27. The fourth-order valence-electron chi connectivity index (χ4n) is 4.04. The highest BCUT2D eigenvalue weighted by Crippen LogP contribution is 2.24. The number of hydrogen-bond donors (Lipinski definition) is 2. The van der Waals surface area contributed by atoms with E-state index in [0.717, 1.165) is 22.8 Å². The Morgan fingerprint density at radius 3 is 2.26 bits per heavy atom. The molecule has 0 radical (unpaired) electrons. The number of nitrogens with one attached hydrogen (secondary N) is 2. The van der Waals surface area contributed by atoms with Gasteiger partial charge < -0.3 is 10.6 Å². The monoisotopic (exact) mass is 564 g/mol. The largest absolute Gasteiger partial charge is 0.378 e. The Kier molecular flexibility index (Phi) is 9.39. The molecule has 3 aromatic carbocycles. The molecule has 204 valence electrons. The number of hydrogen-bond acceptors (Lipinski definition) is 7. The number of aryl methyl sites for hydroxylation is 1. The summed E-state index contributed by atoms with van der Waals surface area (Å²) in [5.74, 6) is 0.592. The van der Waals surface area contributed by atoms with Crippen molar-refractivity contribution in [1.29, 1.82) is 0 Å². The number of thioether (sulfide) groups is 1. The minimum Gasteiger partial charge on any atom is -0.378 e. The van der Waals surface area contributed by atoms with Gasteiger partial charge in [-0.3, -0.25) is 9.36 Å². The van der Waals surface area contributed by atoms with Crippen LogP contribution in [0.3, 0.4) is 0 Å². The summed E-state index contributed by atoms with van der Waals surface area (Å²) in [5, 5.41) is 15.6. The predicted octanol–water partition coefficient (Wildman–Crippen LogP) is 4.95. The van der Waals surface area contributed by atoms with Gasteiger partial charge in [-0.2, -0.15) is 4.31 Å². The van der Waals surface area contributed by atoms with Gasteiger partial charge in [0.1, 0.15) is 0 Å². The second-order valence-corrected chi connectivity index (χ2v) is 11.6. The molecule has 39 heavy (non-hydrogen) atoms. The van der Waals surface area contributed by atoms with Crippen LogP contribution in [-0.2, 0) is 21.4 Å². The molecule has 1 heterocycles. The summed E-state index contributed by atoms with van der Waals surface area (Å²) in [6.45, 7) is 6.90. The van der Waals surface area contributed by atoms with Crippen LogP contribution in [0.15, 0.2) is 88.9 Å². The number of benzene rings is 3. The zero-order valence-electron chi connectivity index (χ0n) is 22.2. The van der Waals surface area contributed by atoms with Crippen molar-refractivity contribution in [2.75, 3.05) is 29.5 Å². The van der Waals surface area contributed by atoms with E-state index in [1.54, 1.807) is 26.0 Å². The van der Waals surface area contributed by atoms with E-state index in [0.29, 0.717) is 30.5 Å². The van der Waals surface area contributed by atoms with Crippen molar-refractivity contribution in [1.82, 2.24) is 19.1 Å².